The van der Waals surface area contributed by atoms with E-state index < -0.39 is 11.2 Å². The molecule has 0 bridgehead atoms. The van der Waals surface area contributed by atoms with Crippen molar-refractivity contribution in [2.45, 2.75) is 59.7 Å². The zero-order chi connectivity index (χ0) is 21.7. The van der Waals surface area contributed by atoms with E-state index in [1.165, 1.54) is 0 Å². The molecule has 0 aliphatic carbocycles. The number of anilines is 1. The molecule has 1 amide bonds. The molecule has 0 atom stereocenters. The van der Waals surface area contributed by atoms with Crippen LogP contribution in [0.3, 0.4) is 0 Å². The number of fused-ring (bicyclic) bond motifs is 3. The van der Waals surface area contributed by atoms with Gasteiger partial charge in [0.2, 0.25) is 0 Å². The van der Waals surface area contributed by atoms with Crippen LogP contribution >= 0.6 is 0 Å². The predicted molar refractivity (Wildman–Crippen MR) is 116 cm³/mol. The Bertz CT molecular complexity index is 970. The van der Waals surface area contributed by atoms with E-state index in [9.17, 15) is 4.79 Å². The van der Waals surface area contributed by atoms with E-state index in [0.717, 1.165) is 45.0 Å². The number of aryl methyl sites for hydroxylation is 2. The Labute approximate surface area is 173 Å². The van der Waals surface area contributed by atoms with Gasteiger partial charge < -0.3 is 14.2 Å². The fraction of sp³-hybridized carbons (Fsp3) is 0.458. The Hall–Kier alpha value is -2.69. The van der Waals surface area contributed by atoms with Gasteiger partial charge in [-0.05, 0) is 83.4 Å². The van der Waals surface area contributed by atoms with Gasteiger partial charge >= 0.3 is 6.09 Å². The molecule has 3 rings (SSSR count). The molecular formula is C24H31NO4. The van der Waals surface area contributed by atoms with Gasteiger partial charge in [0.25, 0.3) is 0 Å². The van der Waals surface area contributed by atoms with Crippen LogP contribution in [0, 0.1) is 13.8 Å². The number of amides is 1. The normalized spacial score (nSPS) is 14.4. The van der Waals surface area contributed by atoms with Crippen LogP contribution in [0.15, 0.2) is 24.3 Å². The highest BCUT2D eigenvalue weighted by atomic mass is 16.6. The number of hydrogen-bond donors (Lipinski definition) is 0. The minimum Gasteiger partial charge on any atom is -0.496 e. The van der Waals surface area contributed by atoms with Gasteiger partial charge in [0.15, 0.2) is 0 Å². The Morgan fingerprint density at radius 2 is 1.66 bits per heavy atom. The van der Waals surface area contributed by atoms with Crippen LogP contribution in [0.2, 0.25) is 0 Å². The molecule has 29 heavy (non-hydrogen) atoms. The number of carbonyl (C=O) groups excluding carboxylic acids is 1. The monoisotopic (exact) mass is 397 g/mol. The van der Waals surface area contributed by atoms with Crippen molar-refractivity contribution in [3.05, 3.63) is 41.0 Å². The maximum Gasteiger partial charge on any atom is 0.414 e. The van der Waals surface area contributed by atoms with Gasteiger partial charge in [-0.15, -0.1) is 0 Å². The molecule has 0 saturated carbocycles. The summed E-state index contributed by atoms with van der Waals surface area (Å²) in [7, 11) is 3.40. The molecule has 0 N–H and O–H groups in total. The van der Waals surface area contributed by atoms with Gasteiger partial charge in [0, 0.05) is 24.2 Å². The minimum atomic E-state index is -0.556. The molecule has 1 heterocycles. The number of ether oxygens (including phenoxy) is 3. The van der Waals surface area contributed by atoms with Crippen molar-refractivity contribution in [1.29, 1.82) is 0 Å². The second-order valence-corrected chi connectivity index (χ2v) is 9.15. The van der Waals surface area contributed by atoms with Crippen LogP contribution in [0.4, 0.5) is 10.5 Å². The average molecular weight is 398 g/mol. The van der Waals surface area contributed by atoms with E-state index in [1.54, 1.807) is 19.1 Å². The maximum absolute atomic E-state index is 12.6. The van der Waals surface area contributed by atoms with Crippen LogP contribution in [-0.2, 0) is 10.3 Å². The standard InChI is InChI=1S/C24H31NO4/c1-14-10-16-17-11-15(2)20(27-9)13-21(17)28-24(6,7)18(16)12-19(14)25(8)22(26)29-23(3,4)5/h10-13H,1-9H3. The van der Waals surface area contributed by atoms with E-state index in [0.29, 0.717) is 0 Å². The summed E-state index contributed by atoms with van der Waals surface area (Å²) in [5.74, 6) is 1.61. The van der Waals surface area contributed by atoms with Crippen LogP contribution < -0.4 is 14.4 Å². The summed E-state index contributed by atoms with van der Waals surface area (Å²) >= 11 is 0. The first kappa shape index (κ1) is 21.0. The number of nitrogens with zero attached hydrogens (tertiary/aromatic N) is 1. The number of carbonyl (C=O) groups is 1. The van der Waals surface area contributed by atoms with Gasteiger partial charge in [-0.3, -0.25) is 4.90 Å². The molecule has 5 heteroatoms. The van der Waals surface area contributed by atoms with E-state index >= 15 is 0 Å². The molecule has 1 aliphatic rings. The van der Waals surface area contributed by atoms with Gasteiger partial charge in [0.05, 0.1) is 12.8 Å². The molecule has 0 radical (unpaired) electrons. The van der Waals surface area contributed by atoms with Crippen molar-refractivity contribution in [3.63, 3.8) is 0 Å². The van der Waals surface area contributed by atoms with Crippen molar-refractivity contribution in [2.75, 3.05) is 19.1 Å². The molecule has 5 nitrogen and oxygen atoms in total. The fourth-order valence-electron chi connectivity index (χ4n) is 3.72. The summed E-state index contributed by atoms with van der Waals surface area (Å²) < 4.78 is 17.4. The molecule has 0 aromatic heterocycles. The van der Waals surface area contributed by atoms with E-state index in [2.05, 4.69) is 12.1 Å². The second-order valence-electron chi connectivity index (χ2n) is 9.15. The lowest BCUT2D eigenvalue weighted by Gasteiger charge is -2.37. The number of rotatable bonds is 2. The fourth-order valence-corrected chi connectivity index (χ4v) is 3.72. The van der Waals surface area contributed by atoms with Crippen molar-refractivity contribution >= 4 is 11.8 Å². The molecule has 0 unspecified atom stereocenters. The van der Waals surface area contributed by atoms with E-state index in [4.69, 9.17) is 14.2 Å². The molecule has 0 spiro atoms. The summed E-state index contributed by atoms with van der Waals surface area (Å²) in [6.45, 7) is 13.7. The SMILES string of the molecule is COc1cc2c(cc1C)-c1cc(C)c(N(C)C(=O)OC(C)(C)C)cc1C(C)(C)O2. The molecule has 156 valence electrons. The largest absolute Gasteiger partial charge is 0.496 e. The van der Waals surface area contributed by atoms with Crippen LogP contribution in [0.25, 0.3) is 11.1 Å². The highest BCUT2D eigenvalue weighted by Gasteiger charge is 2.35. The molecule has 1 aliphatic heterocycles. The Morgan fingerprint density at radius 3 is 2.24 bits per heavy atom. The third-order valence-corrected chi connectivity index (χ3v) is 5.17. The predicted octanol–water partition coefficient (Wildman–Crippen LogP) is 5.98. The number of methoxy groups -OCH3 is 1. The summed E-state index contributed by atoms with van der Waals surface area (Å²) in [5, 5.41) is 0. The van der Waals surface area contributed by atoms with E-state index in [-0.39, 0.29) is 6.09 Å². The lowest BCUT2D eigenvalue weighted by molar-refractivity contribution is 0.0588. The average Bonchev–Trinajstić information content (AvgIpc) is 2.59. The van der Waals surface area contributed by atoms with Crippen LogP contribution in [0.1, 0.15) is 51.3 Å². The summed E-state index contributed by atoms with van der Waals surface area (Å²) in [6.07, 6.45) is -0.379. The first-order valence-corrected chi connectivity index (χ1v) is 9.84. The zero-order valence-electron chi connectivity index (χ0n) is 18.9. The first-order valence-electron chi connectivity index (χ1n) is 9.84. The minimum absolute atomic E-state index is 0.379. The molecule has 0 saturated heterocycles. The first-order chi connectivity index (χ1) is 13.3. The third-order valence-electron chi connectivity index (χ3n) is 5.17. The van der Waals surface area contributed by atoms with Crippen molar-refractivity contribution in [3.8, 4) is 22.6 Å². The highest BCUT2D eigenvalue weighted by Crippen LogP contribution is 2.48. The molecule has 0 fully saturated rings. The quantitative estimate of drug-likeness (QED) is 0.626. The topological polar surface area (TPSA) is 48.0 Å². The summed E-state index contributed by atoms with van der Waals surface area (Å²) in [4.78, 5) is 14.2. The smallest absolute Gasteiger partial charge is 0.414 e. The number of hydrogen-bond acceptors (Lipinski definition) is 4. The summed E-state index contributed by atoms with van der Waals surface area (Å²) in [5.41, 5.74) is 4.93. The molecular weight excluding hydrogens is 366 g/mol. The van der Waals surface area contributed by atoms with Crippen molar-refractivity contribution in [2.24, 2.45) is 0 Å². The Kier molecular flexibility index (Phi) is 5.06. The zero-order valence-corrected chi connectivity index (χ0v) is 18.9. The highest BCUT2D eigenvalue weighted by molar-refractivity contribution is 5.90. The molecule has 2 aromatic rings. The summed E-state index contributed by atoms with van der Waals surface area (Å²) in [6, 6.07) is 8.21. The van der Waals surface area contributed by atoms with Crippen LogP contribution in [-0.4, -0.2) is 25.9 Å². The van der Waals surface area contributed by atoms with Crippen molar-refractivity contribution < 1.29 is 19.0 Å². The Balaban J connectivity index is 2.13. The Morgan fingerprint density at radius 1 is 1.03 bits per heavy atom. The van der Waals surface area contributed by atoms with E-state index in [1.807, 2.05) is 60.6 Å². The van der Waals surface area contributed by atoms with Gasteiger partial charge in [-0.25, -0.2) is 4.79 Å². The second kappa shape index (κ2) is 6.97. The van der Waals surface area contributed by atoms with Gasteiger partial charge in [-0.2, -0.15) is 0 Å². The van der Waals surface area contributed by atoms with Crippen molar-refractivity contribution in [1.82, 2.24) is 0 Å². The lowest BCUT2D eigenvalue weighted by atomic mass is 9.84. The third kappa shape index (κ3) is 3.91. The number of benzene rings is 2. The lowest BCUT2D eigenvalue weighted by Crippen LogP contribution is -2.35. The molecule has 2 aromatic carbocycles. The van der Waals surface area contributed by atoms with Crippen LogP contribution in [0.5, 0.6) is 11.5 Å². The van der Waals surface area contributed by atoms with Gasteiger partial charge in [-0.1, -0.05) is 0 Å². The van der Waals surface area contributed by atoms with Gasteiger partial charge in [0.1, 0.15) is 22.7 Å². The maximum atomic E-state index is 12.6.